The van der Waals surface area contributed by atoms with E-state index in [1.807, 2.05) is 0 Å². The Morgan fingerprint density at radius 1 is 1.38 bits per heavy atom. The molecule has 0 unspecified atom stereocenters. The van der Waals surface area contributed by atoms with Crippen LogP contribution in [0.15, 0.2) is 0 Å². The van der Waals surface area contributed by atoms with Crippen LogP contribution in [0, 0.1) is 17.8 Å². The Balaban J connectivity index is 2.13. The molecule has 0 aliphatic heterocycles. The first kappa shape index (κ1) is 4.80. The molecule has 1 heteroatoms. The number of hydrogen-bond donors (Lipinski definition) is 1. The molecule has 3 aliphatic rings. The zero-order chi connectivity index (χ0) is 5.72. The van der Waals surface area contributed by atoms with Crippen LogP contribution in [0.3, 0.4) is 0 Å². The van der Waals surface area contributed by atoms with Crippen LogP contribution >= 0.6 is 0 Å². The second-order valence-corrected chi connectivity index (χ2v) is 3.42. The quantitative estimate of drug-likeness (QED) is 0.495. The molecule has 3 fully saturated rings. The van der Waals surface area contributed by atoms with Crippen molar-refractivity contribution < 1.29 is 0 Å². The van der Waals surface area contributed by atoms with Crippen LogP contribution in [-0.2, 0) is 0 Å². The first-order valence-electron chi connectivity index (χ1n) is 3.54. The van der Waals surface area contributed by atoms with Crippen molar-refractivity contribution >= 4 is 0 Å². The molecule has 3 aliphatic carbocycles. The number of nitrogens with two attached hydrogens (primary N) is 1. The van der Waals surface area contributed by atoms with Crippen LogP contribution in [0.4, 0.5) is 0 Å². The standard InChI is InChI=1S/C7H13N/c1-4-5-2-6(4)7(8)3-5/h4-7H,2-3,8H2,1H3/t4-,5+,6+,7-/m1/s1. The van der Waals surface area contributed by atoms with Gasteiger partial charge in [-0.15, -0.1) is 0 Å². The van der Waals surface area contributed by atoms with E-state index in [1.165, 1.54) is 12.8 Å². The fraction of sp³-hybridized carbons (Fsp3) is 1.00. The van der Waals surface area contributed by atoms with Gasteiger partial charge < -0.3 is 5.73 Å². The van der Waals surface area contributed by atoms with Crippen molar-refractivity contribution in [2.75, 3.05) is 0 Å². The lowest BCUT2D eigenvalue weighted by Gasteiger charge is -2.32. The Morgan fingerprint density at radius 2 is 2.12 bits per heavy atom. The van der Waals surface area contributed by atoms with Crippen molar-refractivity contribution in [2.24, 2.45) is 23.5 Å². The van der Waals surface area contributed by atoms with E-state index in [1.54, 1.807) is 0 Å². The molecule has 2 bridgehead atoms. The monoisotopic (exact) mass is 111 g/mol. The van der Waals surface area contributed by atoms with Crippen molar-refractivity contribution in [1.29, 1.82) is 0 Å². The Labute approximate surface area is 50.3 Å². The fourth-order valence-corrected chi connectivity index (χ4v) is 2.33. The van der Waals surface area contributed by atoms with Crippen molar-refractivity contribution in [1.82, 2.24) is 0 Å². The molecule has 0 radical (unpaired) electrons. The number of rotatable bonds is 0. The summed E-state index contributed by atoms with van der Waals surface area (Å²) in [4.78, 5) is 0. The summed E-state index contributed by atoms with van der Waals surface area (Å²) >= 11 is 0. The van der Waals surface area contributed by atoms with Crippen LogP contribution in [0.2, 0.25) is 0 Å². The van der Waals surface area contributed by atoms with Crippen molar-refractivity contribution in [2.45, 2.75) is 25.8 Å². The molecule has 1 nitrogen and oxygen atoms in total. The summed E-state index contributed by atoms with van der Waals surface area (Å²) in [6, 6.07) is 0.565. The summed E-state index contributed by atoms with van der Waals surface area (Å²) in [6.45, 7) is 2.34. The Bertz CT molecular complexity index is 107. The van der Waals surface area contributed by atoms with Gasteiger partial charge in [0.1, 0.15) is 0 Å². The van der Waals surface area contributed by atoms with Gasteiger partial charge in [-0.05, 0) is 30.6 Å². The highest BCUT2D eigenvalue weighted by atomic mass is 14.7. The van der Waals surface area contributed by atoms with Gasteiger partial charge in [0.15, 0.2) is 0 Å². The maximum absolute atomic E-state index is 5.81. The SMILES string of the molecule is C[C@@H]1[C@H]2C[C@@H]1[C@H](N)C2. The molecule has 0 spiro atoms. The average molecular weight is 111 g/mol. The third-order valence-corrected chi connectivity index (χ3v) is 3.12. The molecule has 3 saturated carbocycles. The van der Waals surface area contributed by atoms with Crippen molar-refractivity contribution in [3.8, 4) is 0 Å². The summed E-state index contributed by atoms with van der Waals surface area (Å²) in [5.74, 6) is 2.87. The largest absolute Gasteiger partial charge is 0.327 e. The molecule has 3 rings (SSSR count). The van der Waals surface area contributed by atoms with Crippen LogP contribution in [0.1, 0.15) is 19.8 Å². The molecule has 8 heavy (non-hydrogen) atoms. The first-order valence-corrected chi connectivity index (χ1v) is 3.54. The van der Waals surface area contributed by atoms with E-state index >= 15 is 0 Å². The van der Waals surface area contributed by atoms with Crippen LogP contribution in [0.5, 0.6) is 0 Å². The molecule has 4 atom stereocenters. The van der Waals surface area contributed by atoms with Gasteiger partial charge in [-0.3, -0.25) is 0 Å². The Kier molecular flexibility index (Phi) is 0.762. The van der Waals surface area contributed by atoms with Crippen molar-refractivity contribution in [3.63, 3.8) is 0 Å². The van der Waals surface area contributed by atoms with Crippen LogP contribution in [0.25, 0.3) is 0 Å². The predicted molar refractivity (Wildman–Crippen MR) is 33.4 cm³/mol. The van der Waals surface area contributed by atoms with E-state index in [9.17, 15) is 0 Å². The van der Waals surface area contributed by atoms with Gasteiger partial charge in [-0.25, -0.2) is 0 Å². The lowest BCUT2D eigenvalue weighted by Crippen LogP contribution is -2.31. The van der Waals surface area contributed by atoms with Gasteiger partial charge in [0.05, 0.1) is 0 Å². The van der Waals surface area contributed by atoms with Gasteiger partial charge >= 0.3 is 0 Å². The number of fused-ring (bicyclic) bond motifs is 1. The molecule has 46 valence electrons. The topological polar surface area (TPSA) is 26.0 Å². The lowest BCUT2D eigenvalue weighted by molar-refractivity contribution is 0.172. The summed E-state index contributed by atoms with van der Waals surface area (Å²) in [5, 5.41) is 0. The predicted octanol–water partition coefficient (Wildman–Crippen LogP) is 0.990. The second-order valence-electron chi connectivity index (χ2n) is 3.42. The third kappa shape index (κ3) is 0.368. The molecule has 0 aromatic carbocycles. The smallest absolute Gasteiger partial charge is 0.00726 e. The maximum Gasteiger partial charge on any atom is 0.00726 e. The highest BCUT2D eigenvalue weighted by Gasteiger charge is 2.48. The first-order chi connectivity index (χ1) is 3.79. The number of hydrogen-bond acceptors (Lipinski definition) is 1. The highest BCUT2D eigenvalue weighted by Crippen LogP contribution is 2.52. The van der Waals surface area contributed by atoms with E-state index in [0.717, 1.165) is 17.8 Å². The zero-order valence-corrected chi connectivity index (χ0v) is 5.30. The van der Waals surface area contributed by atoms with Crippen molar-refractivity contribution in [3.05, 3.63) is 0 Å². The lowest BCUT2D eigenvalue weighted by atomic mass is 9.73. The van der Waals surface area contributed by atoms with E-state index in [2.05, 4.69) is 6.92 Å². The van der Waals surface area contributed by atoms with Gasteiger partial charge in [-0.1, -0.05) is 6.92 Å². The van der Waals surface area contributed by atoms with E-state index in [0.29, 0.717) is 6.04 Å². The normalized spacial score (nSPS) is 60.8. The zero-order valence-electron chi connectivity index (χ0n) is 5.30. The molecule has 0 aromatic rings. The van der Waals surface area contributed by atoms with Gasteiger partial charge in [0, 0.05) is 6.04 Å². The van der Waals surface area contributed by atoms with E-state index < -0.39 is 0 Å². The molecule has 0 saturated heterocycles. The molecule has 0 heterocycles. The summed E-state index contributed by atoms with van der Waals surface area (Å²) in [7, 11) is 0. The minimum absolute atomic E-state index is 0.565. The fourth-order valence-electron chi connectivity index (χ4n) is 2.33. The van der Waals surface area contributed by atoms with E-state index in [-0.39, 0.29) is 0 Å². The van der Waals surface area contributed by atoms with Gasteiger partial charge in [0.2, 0.25) is 0 Å². The summed E-state index contributed by atoms with van der Waals surface area (Å²) < 4.78 is 0. The maximum atomic E-state index is 5.81. The van der Waals surface area contributed by atoms with Gasteiger partial charge in [-0.2, -0.15) is 0 Å². The second kappa shape index (κ2) is 1.27. The third-order valence-electron chi connectivity index (χ3n) is 3.12. The highest BCUT2D eigenvalue weighted by molar-refractivity contribution is 5.01. The van der Waals surface area contributed by atoms with Gasteiger partial charge in [0.25, 0.3) is 0 Å². The summed E-state index contributed by atoms with van der Waals surface area (Å²) in [6.07, 6.45) is 2.74. The van der Waals surface area contributed by atoms with Crippen LogP contribution in [-0.4, -0.2) is 6.04 Å². The molecular weight excluding hydrogens is 98.1 g/mol. The Morgan fingerprint density at radius 3 is 2.25 bits per heavy atom. The van der Waals surface area contributed by atoms with E-state index in [4.69, 9.17) is 5.73 Å². The minimum Gasteiger partial charge on any atom is -0.327 e. The summed E-state index contributed by atoms with van der Waals surface area (Å²) in [5.41, 5.74) is 5.81. The average Bonchev–Trinajstić information content (AvgIpc) is 2.19. The molecule has 0 aromatic heterocycles. The van der Waals surface area contributed by atoms with Crippen LogP contribution < -0.4 is 5.73 Å². The molecular formula is C7H13N. The minimum atomic E-state index is 0.565. The Hall–Kier alpha value is -0.0400. The molecule has 0 amide bonds. The molecule has 2 N–H and O–H groups in total.